The highest BCUT2D eigenvalue weighted by Crippen LogP contribution is 2.31. The molecule has 0 heterocycles. The first kappa shape index (κ1) is 20.6. The highest BCUT2D eigenvalue weighted by molar-refractivity contribution is 7.89. The summed E-state index contributed by atoms with van der Waals surface area (Å²) in [6, 6.07) is 14.8. The van der Waals surface area contributed by atoms with Crippen LogP contribution in [-0.2, 0) is 19.6 Å². The Balaban J connectivity index is 1.84. The van der Waals surface area contributed by atoms with E-state index in [-0.39, 0.29) is 11.5 Å². The molecule has 1 N–H and O–H groups in total. The maximum atomic E-state index is 13.0. The van der Waals surface area contributed by atoms with Crippen molar-refractivity contribution in [2.45, 2.75) is 56.4 Å². The summed E-state index contributed by atoms with van der Waals surface area (Å²) >= 11 is 0. The quantitative estimate of drug-likeness (QED) is 0.736. The van der Waals surface area contributed by atoms with Crippen LogP contribution in [0.5, 0.6) is 0 Å². The Labute approximate surface area is 167 Å². The maximum Gasteiger partial charge on any atom is 0.327 e. The van der Waals surface area contributed by atoms with E-state index in [2.05, 4.69) is 4.72 Å². The molecule has 5 nitrogen and oxygen atoms in total. The molecular weight excluding hydrogens is 374 g/mol. The normalized spacial score (nSPS) is 16.5. The summed E-state index contributed by atoms with van der Waals surface area (Å²) in [5.74, 6) is -0.477. The summed E-state index contributed by atoms with van der Waals surface area (Å²) in [4.78, 5) is 12.7. The number of hydrogen-bond acceptors (Lipinski definition) is 4. The van der Waals surface area contributed by atoms with E-state index in [0.717, 1.165) is 30.4 Å². The van der Waals surface area contributed by atoms with Crippen LogP contribution >= 0.6 is 0 Å². The van der Waals surface area contributed by atoms with Crippen molar-refractivity contribution in [3.05, 3.63) is 54.1 Å². The van der Waals surface area contributed by atoms with Crippen LogP contribution in [0, 0.1) is 6.92 Å². The molecule has 0 radical (unpaired) electrons. The summed E-state index contributed by atoms with van der Waals surface area (Å²) in [7, 11) is -3.84. The van der Waals surface area contributed by atoms with Crippen molar-refractivity contribution in [3.63, 3.8) is 0 Å². The SMILES string of the molecule is CCOC(=O)C1(NS(=O)(=O)c2ccc(-c3ccc(C)cc3)cc2)CCCCC1. The third-order valence-electron chi connectivity index (χ3n) is 5.25. The van der Waals surface area contributed by atoms with Crippen LogP contribution in [0.1, 0.15) is 44.6 Å². The Morgan fingerprint density at radius 3 is 2.04 bits per heavy atom. The van der Waals surface area contributed by atoms with Gasteiger partial charge in [0, 0.05) is 0 Å². The first-order valence-corrected chi connectivity index (χ1v) is 11.2. The molecule has 1 saturated carbocycles. The zero-order chi connectivity index (χ0) is 20.2. The highest BCUT2D eigenvalue weighted by atomic mass is 32.2. The number of sulfonamides is 1. The second kappa shape index (κ2) is 8.45. The van der Waals surface area contributed by atoms with E-state index in [1.807, 2.05) is 31.2 Å². The van der Waals surface area contributed by atoms with Gasteiger partial charge in [0.05, 0.1) is 11.5 Å². The lowest BCUT2D eigenvalue weighted by molar-refractivity contribution is -0.151. The fourth-order valence-electron chi connectivity index (χ4n) is 3.66. The van der Waals surface area contributed by atoms with Crippen LogP contribution in [0.25, 0.3) is 11.1 Å². The molecule has 150 valence electrons. The Hall–Kier alpha value is -2.18. The monoisotopic (exact) mass is 401 g/mol. The summed E-state index contributed by atoms with van der Waals surface area (Å²) in [5, 5.41) is 0. The minimum absolute atomic E-state index is 0.151. The molecular formula is C22H27NO4S. The molecule has 3 rings (SSSR count). The van der Waals surface area contributed by atoms with Crippen LogP contribution in [0.4, 0.5) is 0 Å². The number of benzene rings is 2. The number of esters is 1. The molecule has 0 spiro atoms. The summed E-state index contributed by atoms with van der Waals surface area (Å²) in [6.07, 6.45) is 3.52. The van der Waals surface area contributed by atoms with Crippen LogP contribution in [-0.4, -0.2) is 26.5 Å². The molecule has 6 heteroatoms. The van der Waals surface area contributed by atoms with Gasteiger partial charge >= 0.3 is 5.97 Å². The van der Waals surface area contributed by atoms with Crippen molar-refractivity contribution >= 4 is 16.0 Å². The average molecular weight is 402 g/mol. The van der Waals surface area contributed by atoms with Gasteiger partial charge in [-0.1, -0.05) is 61.2 Å². The molecule has 1 fully saturated rings. The molecule has 0 atom stereocenters. The van der Waals surface area contributed by atoms with Crippen molar-refractivity contribution in [1.82, 2.24) is 4.72 Å². The van der Waals surface area contributed by atoms with Crippen LogP contribution in [0.15, 0.2) is 53.4 Å². The topological polar surface area (TPSA) is 72.5 Å². The van der Waals surface area contributed by atoms with Crippen LogP contribution < -0.4 is 4.72 Å². The lowest BCUT2D eigenvalue weighted by atomic mass is 9.82. The van der Waals surface area contributed by atoms with E-state index in [4.69, 9.17) is 4.74 Å². The van der Waals surface area contributed by atoms with E-state index in [0.29, 0.717) is 12.8 Å². The van der Waals surface area contributed by atoms with Gasteiger partial charge in [0.15, 0.2) is 0 Å². The summed E-state index contributed by atoms with van der Waals surface area (Å²) in [6.45, 7) is 3.98. The number of aryl methyl sites for hydroxylation is 1. The van der Waals surface area contributed by atoms with Gasteiger partial charge in [-0.25, -0.2) is 8.42 Å². The van der Waals surface area contributed by atoms with E-state index >= 15 is 0 Å². The Morgan fingerprint density at radius 1 is 0.964 bits per heavy atom. The Bertz CT molecular complexity index is 912. The molecule has 0 unspecified atom stereocenters. The summed E-state index contributed by atoms with van der Waals surface area (Å²) < 4.78 is 33.8. The van der Waals surface area contributed by atoms with Crippen molar-refractivity contribution in [2.24, 2.45) is 0 Å². The molecule has 1 aliphatic rings. The molecule has 2 aromatic carbocycles. The molecule has 28 heavy (non-hydrogen) atoms. The van der Waals surface area contributed by atoms with Gasteiger partial charge in [-0.3, -0.25) is 4.79 Å². The number of ether oxygens (including phenoxy) is 1. The minimum atomic E-state index is -3.84. The third kappa shape index (κ3) is 4.45. The van der Waals surface area contributed by atoms with Crippen LogP contribution in [0.3, 0.4) is 0 Å². The second-order valence-electron chi connectivity index (χ2n) is 7.36. The number of carbonyl (C=O) groups is 1. The standard InChI is InChI=1S/C22H27NO4S/c1-3-27-21(24)22(15-5-4-6-16-22)23-28(25,26)20-13-11-19(12-14-20)18-9-7-17(2)8-10-18/h7-14,23H,3-6,15-16H2,1-2H3. The molecule has 1 aliphatic carbocycles. The van der Waals surface area contributed by atoms with Crippen LogP contribution in [0.2, 0.25) is 0 Å². The van der Waals surface area contributed by atoms with E-state index in [9.17, 15) is 13.2 Å². The first-order valence-electron chi connectivity index (χ1n) is 9.75. The maximum absolute atomic E-state index is 13.0. The smallest absolute Gasteiger partial charge is 0.327 e. The van der Waals surface area contributed by atoms with Gasteiger partial charge in [0.25, 0.3) is 0 Å². The zero-order valence-electron chi connectivity index (χ0n) is 16.4. The van der Waals surface area contributed by atoms with Crippen molar-refractivity contribution in [3.8, 4) is 11.1 Å². The minimum Gasteiger partial charge on any atom is -0.465 e. The number of hydrogen-bond donors (Lipinski definition) is 1. The van der Waals surface area contributed by atoms with Gasteiger partial charge < -0.3 is 4.74 Å². The predicted molar refractivity (Wildman–Crippen MR) is 109 cm³/mol. The van der Waals surface area contributed by atoms with E-state index < -0.39 is 21.5 Å². The fraction of sp³-hybridized carbons (Fsp3) is 0.409. The van der Waals surface area contributed by atoms with Crippen molar-refractivity contribution in [2.75, 3.05) is 6.61 Å². The van der Waals surface area contributed by atoms with Crippen molar-refractivity contribution < 1.29 is 17.9 Å². The highest BCUT2D eigenvalue weighted by Gasteiger charge is 2.44. The molecule has 0 saturated heterocycles. The predicted octanol–water partition coefficient (Wildman–Crippen LogP) is 4.21. The molecule has 0 bridgehead atoms. The number of carbonyl (C=O) groups excluding carboxylic acids is 1. The lowest BCUT2D eigenvalue weighted by Gasteiger charge is -2.35. The molecule has 2 aromatic rings. The number of nitrogens with one attached hydrogen (secondary N) is 1. The molecule has 0 aromatic heterocycles. The number of rotatable bonds is 6. The van der Waals surface area contributed by atoms with Crippen molar-refractivity contribution in [1.29, 1.82) is 0 Å². The van der Waals surface area contributed by atoms with E-state index in [1.54, 1.807) is 31.2 Å². The van der Waals surface area contributed by atoms with Gasteiger partial charge in [-0.15, -0.1) is 0 Å². The Morgan fingerprint density at radius 2 is 1.50 bits per heavy atom. The largest absolute Gasteiger partial charge is 0.465 e. The second-order valence-corrected chi connectivity index (χ2v) is 9.04. The van der Waals surface area contributed by atoms with E-state index in [1.165, 1.54) is 5.56 Å². The fourth-order valence-corrected chi connectivity index (χ4v) is 5.08. The van der Waals surface area contributed by atoms with Gasteiger partial charge in [-0.05, 0) is 49.9 Å². The molecule has 0 aliphatic heterocycles. The molecule has 0 amide bonds. The van der Waals surface area contributed by atoms with Gasteiger partial charge in [0.1, 0.15) is 5.54 Å². The summed E-state index contributed by atoms with van der Waals surface area (Å²) in [5.41, 5.74) is 1.97. The third-order valence-corrected chi connectivity index (χ3v) is 6.80. The van der Waals surface area contributed by atoms with Gasteiger partial charge in [-0.2, -0.15) is 4.72 Å². The Kier molecular flexibility index (Phi) is 6.20. The zero-order valence-corrected chi connectivity index (χ0v) is 17.2. The first-order chi connectivity index (χ1) is 13.4. The van der Waals surface area contributed by atoms with Gasteiger partial charge in [0.2, 0.25) is 10.0 Å². The average Bonchev–Trinajstić information content (AvgIpc) is 2.69. The lowest BCUT2D eigenvalue weighted by Crippen LogP contribution is -2.56.